The number of benzene rings is 1. The van der Waals surface area contributed by atoms with Gasteiger partial charge in [0.25, 0.3) is 0 Å². The van der Waals surface area contributed by atoms with Gasteiger partial charge in [-0.25, -0.2) is 0 Å². The highest BCUT2D eigenvalue weighted by atomic mass is 16.5. The predicted octanol–water partition coefficient (Wildman–Crippen LogP) is 2.66. The molecule has 1 aromatic rings. The fraction of sp³-hybridized carbons (Fsp3) is 0.625. The van der Waals surface area contributed by atoms with Gasteiger partial charge in [-0.1, -0.05) is 19.1 Å². The zero-order chi connectivity index (χ0) is 13.7. The molecule has 1 fully saturated rings. The molecule has 0 bridgehead atoms. The summed E-state index contributed by atoms with van der Waals surface area (Å²) in [6.45, 7) is 7.80. The van der Waals surface area contributed by atoms with Crippen molar-refractivity contribution in [2.75, 3.05) is 20.2 Å². The molecule has 1 aromatic carbocycles. The van der Waals surface area contributed by atoms with E-state index >= 15 is 0 Å². The molecular formula is C16H26N2O. The molecule has 1 aliphatic heterocycles. The Hall–Kier alpha value is -1.06. The standard InChI is InChI=1S/C16H26N2O/c1-4-17-15-8-9-18(13(2)10-15)12-14-6-5-7-16(11-14)19-3/h5-7,11,13,15,17H,4,8-10,12H2,1-3H3. The molecule has 0 aromatic heterocycles. The van der Waals surface area contributed by atoms with Crippen LogP contribution in [0.4, 0.5) is 0 Å². The summed E-state index contributed by atoms with van der Waals surface area (Å²) in [4.78, 5) is 2.57. The normalized spacial score (nSPS) is 24.4. The van der Waals surface area contributed by atoms with Gasteiger partial charge in [-0.05, 0) is 44.0 Å². The molecule has 2 unspecified atom stereocenters. The Morgan fingerprint density at radius 2 is 2.26 bits per heavy atom. The van der Waals surface area contributed by atoms with Crippen molar-refractivity contribution in [2.45, 2.75) is 45.3 Å². The van der Waals surface area contributed by atoms with Gasteiger partial charge in [-0.3, -0.25) is 4.90 Å². The lowest BCUT2D eigenvalue weighted by molar-refractivity contribution is 0.129. The first-order valence-electron chi connectivity index (χ1n) is 7.33. The SMILES string of the molecule is CCNC1CCN(Cc2cccc(OC)c2)C(C)C1. The van der Waals surface area contributed by atoms with Crippen LogP contribution >= 0.6 is 0 Å². The van der Waals surface area contributed by atoms with Crippen LogP contribution in [-0.4, -0.2) is 37.2 Å². The third-order valence-corrected chi connectivity index (χ3v) is 4.03. The molecule has 3 heteroatoms. The maximum atomic E-state index is 5.29. The first-order chi connectivity index (χ1) is 9.22. The second-order valence-electron chi connectivity index (χ2n) is 5.45. The molecule has 1 heterocycles. The number of rotatable bonds is 5. The summed E-state index contributed by atoms with van der Waals surface area (Å²) >= 11 is 0. The van der Waals surface area contributed by atoms with E-state index < -0.39 is 0 Å². The fourth-order valence-electron chi connectivity index (χ4n) is 2.94. The van der Waals surface area contributed by atoms with Gasteiger partial charge in [0.15, 0.2) is 0 Å². The monoisotopic (exact) mass is 262 g/mol. The van der Waals surface area contributed by atoms with Crippen molar-refractivity contribution in [1.29, 1.82) is 0 Å². The van der Waals surface area contributed by atoms with Gasteiger partial charge in [0.2, 0.25) is 0 Å². The minimum absolute atomic E-state index is 0.643. The highest BCUT2D eigenvalue weighted by Gasteiger charge is 2.24. The predicted molar refractivity (Wildman–Crippen MR) is 79.6 cm³/mol. The molecule has 0 spiro atoms. The number of hydrogen-bond acceptors (Lipinski definition) is 3. The van der Waals surface area contributed by atoms with E-state index in [1.807, 2.05) is 6.07 Å². The van der Waals surface area contributed by atoms with Gasteiger partial charge in [0, 0.05) is 25.2 Å². The van der Waals surface area contributed by atoms with Crippen LogP contribution in [0, 0.1) is 0 Å². The number of likely N-dealkylation sites (tertiary alicyclic amines) is 1. The lowest BCUT2D eigenvalue weighted by atomic mass is 9.97. The molecule has 3 nitrogen and oxygen atoms in total. The lowest BCUT2D eigenvalue weighted by Crippen LogP contribution is -2.46. The lowest BCUT2D eigenvalue weighted by Gasteiger charge is -2.38. The van der Waals surface area contributed by atoms with E-state index in [1.54, 1.807) is 7.11 Å². The number of methoxy groups -OCH3 is 1. The van der Waals surface area contributed by atoms with E-state index in [1.165, 1.54) is 24.9 Å². The van der Waals surface area contributed by atoms with Crippen LogP contribution in [0.3, 0.4) is 0 Å². The van der Waals surface area contributed by atoms with Crippen molar-refractivity contribution in [2.24, 2.45) is 0 Å². The highest BCUT2D eigenvalue weighted by molar-refractivity contribution is 5.28. The van der Waals surface area contributed by atoms with Crippen molar-refractivity contribution in [3.63, 3.8) is 0 Å². The van der Waals surface area contributed by atoms with Gasteiger partial charge in [-0.2, -0.15) is 0 Å². The number of hydrogen-bond donors (Lipinski definition) is 1. The quantitative estimate of drug-likeness (QED) is 0.883. The number of nitrogens with zero attached hydrogens (tertiary/aromatic N) is 1. The molecule has 0 aliphatic carbocycles. The van der Waals surface area contributed by atoms with Crippen LogP contribution in [0.2, 0.25) is 0 Å². The molecular weight excluding hydrogens is 236 g/mol. The van der Waals surface area contributed by atoms with Crippen LogP contribution in [0.15, 0.2) is 24.3 Å². The van der Waals surface area contributed by atoms with Crippen LogP contribution in [0.25, 0.3) is 0 Å². The summed E-state index contributed by atoms with van der Waals surface area (Å²) in [5.74, 6) is 0.952. The van der Waals surface area contributed by atoms with Gasteiger partial charge in [-0.15, -0.1) is 0 Å². The zero-order valence-electron chi connectivity index (χ0n) is 12.4. The third kappa shape index (κ3) is 3.95. The molecule has 0 saturated carbocycles. The molecule has 19 heavy (non-hydrogen) atoms. The van der Waals surface area contributed by atoms with E-state index in [2.05, 4.69) is 42.3 Å². The Labute approximate surface area is 116 Å². The summed E-state index contributed by atoms with van der Waals surface area (Å²) in [6, 6.07) is 9.74. The molecule has 2 atom stereocenters. The van der Waals surface area contributed by atoms with Crippen molar-refractivity contribution >= 4 is 0 Å². The first kappa shape index (κ1) is 14.4. The average Bonchev–Trinajstić information content (AvgIpc) is 2.42. The van der Waals surface area contributed by atoms with Gasteiger partial charge < -0.3 is 10.1 Å². The van der Waals surface area contributed by atoms with Crippen LogP contribution in [0.1, 0.15) is 32.3 Å². The summed E-state index contributed by atoms with van der Waals surface area (Å²) in [6.07, 6.45) is 2.50. The molecule has 2 rings (SSSR count). The largest absolute Gasteiger partial charge is 0.497 e. The summed E-state index contributed by atoms with van der Waals surface area (Å²) < 4.78 is 5.29. The van der Waals surface area contributed by atoms with Crippen molar-refractivity contribution < 1.29 is 4.74 Å². The van der Waals surface area contributed by atoms with Gasteiger partial charge >= 0.3 is 0 Å². The Morgan fingerprint density at radius 3 is 2.95 bits per heavy atom. The topological polar surface area (TPSA) is 24.5 Å². The van der Waals surface area contributed by atoms with Crippen molar-refractivity contribution in [1.82, 2.24) is 10.2 Å². The van der Waals surface area contributed by atoms with Crippen LogP contribution in [0.5, 0.6) is 5.75 Å². The first-order valence-corrected chi connectivity index (χ1v) is 7.33. The Bertz CT molecular complexity index is 394. The number of nitrogens with one attached hydrogen (secondary N) is 1. The fourth-order valence-corrected chi connectivity index (χ4v) is 2.94. The minimum Gasteiger partial charge on any atom is -0.497 e. The summed E-state index contributed by atoms with van der Waals surface area (Å²) in [5.41, 5.74) is 1.34. The maximum Gasteiger partial charge on any atom is 0.119 e. The third-order valence-electron chi connectivity index (χ3n) is 4.03. The zero-order valence-corrected chi connectivity index (χ0v) is 12.4. The minimum atomic E-state index is 0.643. The van der Waals surface area contributed by atoms with E-state index in [0.29, 0.717) is 12.1 Å². The van der Waals surface area contributed by atoms with E-state index in [0.717, 1.165) is 18.8 Å². The van der Waals surface area contributed by atoms with Gasteiger partial charge in [0.05, 0.1) is 7.11 Å². The number of piperidine rings is 1. The second-order valence-corrected chi connectivity index (χ2v) is 5.45. The Kier molecular flexibility index (Phi) is 5.23. The molecule has 1 aliphatic rings. The van der Waals surface area contributed by atoms with Crippen molar-refractivity contribution in [3.05, 3.63) is 29.8 Å². The molecule has 0 radical (unpaired) electrons. The maximum absolute atomic E-state index is 5.29. The van der Waals surface area contributed by atoms with Crippen LogP contribution < -0.4 is 10.1 Å². The average molecular weight is 262 g/mol. The van der Waals surface area contributed by atoms with E-state index in [4.69, 9.17) is 4.74 Å². The molecule has 1 N–H and O–H groups in total. The smallest absolute Gasteiger partial charge is 0.119 e. The van der Waals surface area contributed by atoms with Gasteiger partial charge in [0.1, 0.15) is 5.75 Å². The van der Waals surface area contributed by atoms with E-state index in [-0.39, 0.29) is 0 Å². The van der Waals surface area contributed by atoms with E-state index in [9.17, 15) is 0 Å². The Balaban J connectivity index is 1.92. The molecule has 0 amide bonds. The summed E-state index contributed by atoms with van der Waals surface area (Å²) in [7, 11) is 1.73. The molecule has 1 saturated heterocycles. The van der Waals surface area contributed by atoms with Crippen molar-refractivity contribution in [3.8, 4) is 5.75 Å². The number of ether oxygens (including phenoxy) is 1. The highest BCUT2D eigenvalue weighted by Crippen LogP contribution is 2.21. The summed E-state index contributed by atoms with van der Waals surface area (Å²) in [5, 5.41) is 3.57. The van der Waals surface area contributed by atoms with Crippen LogP contribution in [-0.2, 0) is 6.54 Å². The Morgan fingerprint density at radius 1 is 1.42 bits per heavy atom. The molecule has 106 valence electrons. The second kappa shape index (κ2) is 6.92.